The average molecular weight is 357 g/mol. The van der Waals surface area contributed by atoms with E-state index in [0.717, 1.165) is 16.6 Å². The highest BCUT2D eigenvalue weighted by molar-refractivity contribution is 5.95. The number of nitrogens with zero attached hydrogens (tertiary/aromatic N) is 4. The highest BCUT2D eigenvalue weighted by atomic mass is 16.5. The van der Waals surface area contributed by atoms with Gasteiger partial charge in [-0.15, -0.1) is 0 Å². The summed E-state index contributed by atoms with van der Waals surface area (Å²) in [5, 5.41) is 21.1. The molecule has 4 aromatic rings. The van der Waals surface area contributed by atoms with Crippen LogP contribution in [0.15, 0.2) is 59.3 Å². The number of anilines is 1. The number of hydrogen-bond donors (Lipinski definition) is 1. The van der Waals surface area contributed by atoms with Crippen LogP contribution in [0.5, 0.6) is 0 Å². The molecule has 0 aliphatic rings. The molecule has 2 aromatic carbocycles. The van der Waals surface area contributed by atoms with E-state index in [1.807, 2.05) is 55.5 Å². The normalized spacial score (nSPS) is 10.7. The average Bonchev–Trinajstić information content (AvgIpc) is 3.26. The van der Waals surface area contributed by atoms with Crippen molar-refractivity contribution in [3.8, 4) is 11.8 Å². The first-order valence-corrected chi connectivity index (χ1v) is 8.34. The van der Waals surface area contributed by atoms with Crippen LogP contribution < -0.4 is 5.32 Å². The van der Waals surface area contributed by atoms with E-state index in [0.29, 0.717) is 17.1 Å². The molecule has 1 N–H and O–H groups in total. The van der Waals surface area contributed by atoms with Gasteiger partial charge in [0, 0.05) is 5.39 Å². The van der Waals surface area contributed by atoms with Gasteiger partial charge < -0.3 is 9.84 Å². The summed E-state index contributed by atoms with van der Waals surface area (Å²) < 4.78 is 6.81. The Morgan fingerprint density at radius 2 is 2.07 bits per heavy atom. The fourth-order valence-corrected chi connectivity index (χ4v) is 2.87. The van der Waals surface area contributed by atoms with Crippen LogP contribution in [0.25, 0.3) is 16.7 Å². The highest BCUT2D eigenvalue weighted by Crippen LogP contribution is 2.22. The summed E-state index contributed by atoms with van der Waals surface area (Å²) in [5.41, 5.74) is 3.28. The number of hydrogen-bond acceptors (Lipinski definition) is 5. The first kappa shape index (κ1) is 16.5. The molecule has 1 amide bonds. The van der Waals surface area contributed by atoms with Gasteiger partial charge in [0.05, 0.1) is 18.3 Å². The van der Waals surface area contributed by atoms with Crippen LogP contribution in [-0.4, -0.2) is 20.8 Å². The smallest absolute Gasteiger partial charge is 0.231 e. The molecule has 2 heterocycles. The van der Waals surface area contributed by atoms with Crippen molar-refractivity contribution in [3.05, 3.63) is 71.5 Å². The summed E-state index contributed by atoms with van der Waals surface area (Å²) in [5.74, 6) is 0.0265. The Bertz CT molecular complexity index is 1170. The number of aromatic nitrogens is 3. The van der Waals surface area contributed by atoms with Crippen LogP contribution >= 0.6 is 0 Å². The number of carbonyl (C=O) groups excluding carboxylic acids is 1. The molecule has 0 aliphatic carbocycles. The molecule has 0 radical (unpaired) electrons. The van der Waals surface area contributed by atoms with Crippen molar-refractivity contribution in [2.45, 2.75) is 13.3 Å². The fraction of sp³-hybridized carbons (Fsp3) is 0.100. The zero-order chi connectivity index (χ0) is 18.8. The van der Waals surface area contributed by atoms with Crippen LogP contribution in [0.1, 0.15) is 16.8 Å². The van der Waals surface area contributed by atoms with Crippen molar-refractivity contribution >= 4 is 22.7 Å². The Kier molecular flexibility index (Phi) is 4.15. The van der Waals surface area contributed by atoms with E-state index in [1.165, 1.54) is 10.9 Å². The van der Waals surface area contributed by atoms with Crippen molar-refractivity contribution in [2.24, 2.45) is 0 Å². The largest absolute Gasteiger partial charge is 0.356 e. The van der Waals surface area contributed by atoms with E-state index < -0.39 is 0 Å². The molecule has 0 saturated heterocycles. The van der Waals surface area contributed by atoms with Gasteiger partial charge in [-0.25, -0.2) is 4.68 Å². The molecule has 2 aromatic heterocycles. The van der Waals surface area contributed by atoms with Gasteiger partial charge in [0.1, 0.15) is 17.3 Å². The molecular weight excluding hydrogens is 342 g/mol. The minimum atomic E-state index is -0.305. The zero-order valence-corrected chi connectivity index (χ0v) is 14.5. The lowest BCUT2D eigenvalue weighted by atomic mass is 10.1. The van der Waals surface area contributed by atoms with E-state index in [1.54, 1.807) is 0 Å². The van der Waals surface area contributed by atoms with Gasteiger partial charge in [-0.1, -0.05) is 35.0 Å². The van der Waals surface area contributed by atoms with Gasteiger partial charge in [-0.2, -0.15) is 10.4 Å². The maximum Gasteiger partial charge on any atom is 0.231 e. The Hall–Kier alpha value is -3.92. The molecule has 4 rings (SSSR count). The lowest BCUT2D eigenvalue weighted by Crippen LogP contribution is -2.18. The minimum Gasteiger partial charge on any atom is -0.356 e. The Morgan fingerprint density at radius 3 is 2.85 bits per heavy atom. The summed E-state index contributed by atoms with van der Waals surface area (Å²) in [7, 11) is 0. The molecule has 132 valence electrons. The third-order valence-electron chi connectivity index (χ3n) is 4.18. The van der Waals surface area contributed by atoms with Crippen molar-refractivity contribution in [2.75, 3.05) is 5.32 Å². The van der Waals surface area contributed by atoms with E-state index in [4.69, 9.17) is 4.52 Å². The molecule has 7 nitrogen and oxygen atoms in total. The highest BCUT2D eigenvalue weighted by Gasteiger charge is 2.18. The minimum absolute atomic E-state index is 0.0291. The van der Waals surface area contributed by atoms with Gasteiger partial charge in [0.2, 0.25) is 5.91 Å². The molecule has 0 atom stereocenters. The molecule has 0 bridgehead atoms. The Morgan fingerprint density at radius 1 is 1.26 bits per heavy atom. The second-order valence-electron chi connectivity index (χ2n) is 6.12. The monoisotopic (exact) mass is 357 g/mol. The molecule has 0 aliphatic heterocycles. The van der Waals surface area contributed by atoms with Crippen LogP contribution in [-0.2, 0) is 11.2 Å². The van der Waals surface area contributed by atoms with E-state index >= 15 is 0 Å². The van der Waals surface area contributed by atoms with Gasteiger partial charge in [-0.05, 0) is 31.2 Å². The molecular formula is C20H15N5O2. The first-order valence-electron chi connectivity index (χ1n) is 8.34. The summed E-state index contributed by atoms with van der Waals surface area (Å²) >= 11 is 0. The van der Waals surface area contributed by atoms with Crippen LogP contribution in [0.3, 0.4) is 0 Å². The number of nitriles is 1. The predicted octanol–water partition coefficient (Wildman–Crippen LogP) is 3.37. The maximum absolute atomic E-state index is 12.6. The van der Waals surface area contributed by atoms with Gasteiger partial charge in [-0.3, -0.25) is 4.79 Å². The number of benzene rings is 2. The Balaban J connectivity index is 1.62. The number of amides is 1. The fourth-order valence-electron chi connectivity index (χ4n) is 2.87. The van der Waals surface area contributed by atoms with E-state index in [-0.39, 0.29) is 17.9 Å². The third-order valence-corrected chi connectivity index (χ3v) is 4.18. The second-order valence-corrected chi connectivity index (χ2v) is 6.12. The summed E-state index contributed by atoms with van der Waals surface area (Å²) in [6.45, 7) is 1.97. The van der Waals surface area contributed by atoms with Crippen LogP contribution in [0.2, 0.25) is 0 Å². The number of fused-ring (bicyclic) bond motifs is 1. The molecule has 0 spiro atoms. The number of carbonyl (C=O) groups is 1. The standard InChI is InChI=1S/C20H15N5O2/c1-13-7-8-18-16(9-13)17(24-27-18)10-19(26)23-20-14(11-21)12-22-25(20)15-5-3-2-4-6-15/h2-9,12H,10H2,1H3,(H,23,26). The molecule has 27 heavy (non-hydrogen) atoms. The zero-order valence-electron chi connectivity index (χ0n) is 14.5. The van der Waals surface area contributed by atoms with Crippen molar-refractivity contribution < 1.29 is 9.32 Å². The van der Waals surface area contributed by atoms with E-state index in [9.17, 15) is 10.1 Å². The van der Waals surface area contributed by atoms with E-state index in [2.05, 4.69) is 21.6 Å². The third kappa shape index (κ3) is 3.16. The molecule has 7 heteroatoms. The number of para-hydroxylation sites is 1. The van der Waals surface area contributed by atoms with Crippen molar-refractivity contribution in [1.29, 1.82) is 5.26 Å². The predicted molar refractivity (Wildman–Crippen MR) is 99.4 cm³/mol. The van der Waals surface area contributed by atoms with Gasteiger partial charge in [0.15, 0.2) is 11.4 Å². The van der Waals surface area contributed by atoms with Crippen molar-refractivity contribution in [3.63, 3.8) is 0 Å². The first-order chi connectivity index (χ1) is 13.2. The second kappa shape index (κ2) is 6.77. The number of nitrogens with one attached hydrogen (secondary N) is 1. The number of rotatable bonds is 4. The van der Waals surface area contributed by atoms with Gasteiger partial charge in [0.25, 0.3) is 0 Å². The van der Waals surface area contributed by atoms with Crippen LogP contribution in [0, 0.1) is 18.3 Å². The molecule has 0 unspecified atom stereocenters. The SMILES string of the molecule is Cc1ccc2onc(CC(=O)Nc3c(C#N)cnn3-c3ccccc3)c2c1. The topological polar surface area (TPSA) is 96.7 Å². The lowest BCUT2D eigenvalue weighted by molar-refractivity contribution is -0.115. The molecule has 0 saturated carbocycles. The number of aryl methyl sites for hydroxylation is 1. The van der Waals surface area contributed by atoms with Crippen molar-refractivity contribution in [1.82, 2.24) is 14.9 Å². The molecule has 0 fully saturated rings. The Labute approximate surface area is 154 Å². The lowest BCUT2D eigenvalue weighted by Gasteiger charge is -2.09. The van der Waals surface area contributed by atoms with Crippen LogP contribution in [0.4, 0.5) is 5.82 Å². The summed E-state index contributed by atoms with van der Waals surface area (Å²) in [4.78, 5) is 12.6. The maximum atomic E-state index is 12.6. The summed E-state index contributed by atoms with van der Waals surface area (Å²) in [6.07, 6.45) is 1.46. The quantitative estimate of drug-likeness (QED) is 0.604. The van der Waals surface area contributed by atoms with Gasteiger partial charge >= 0.3 is 0 Å². The summed E-state index contributed by atoms with van der Waals surface area (Å²) in [6, 6.07) is 17.0.